The van der Waals surface area contributed by atoms with Crippen LogP contribution in [0.4, 0.5) is 22.8 Å². The van der Waals surface area contributed by atoms with Crippen LogP contribution in [0.15, 0.2) is 30.3 Å². The Kier molecular flexibility index (Phi) is 14.1. The van der Waals surface area contributed by atoms with Crippen molar-refractivity contribution in [3.63, 3.8) is 0 Å². The Hall–Kier alpha value is -2.53. The standard InChI is InChI=1S/C29H39F3N4O7S.B.Na/c1-17-12-13-19(15-33-25(37)42-27(2,3)4)34-24(17)41-21-11-9-10-18(22(21)30)14-20-23(35-44(8,39)40)29(31,32)16-36(20)26(38)43-28(5,6)7;;/h9-13,20,23,35H,14-16H2,1-8H3,(H,33,37);;/q;-1;+1/t20-,23+;;/m0../s1. The van der Waals surface area contributed by atoms with Gasteiger partial charge in [0.15, 0.2) is 11.6 Å². The number of halogens is 3. The van der Waals surface area contributed by atoms with E-state index in [1.54, 1.807) is 60.6 Å². The van der Waals surface area contributed by atoms with Crippen LogP contribution in [0, 0.1) is 12.7 Å². The molecule has 0 unspecified atom stereocenters. The summed E-state index contributed by atoms with van der Waals surface area (Å²) in [6, 6.07) is 3.83. The number of carbonyl (C=O) groups excluding carboxylic acids is 2. The van der Waals surface area contributed by atoms with Crippen molar-refractivity contribution in [1.82, 2.24) is 19.9 Å². The number of benzene rings is 1. The van der Waals surface area contributed by atoms with Crippen LogP contribution >= 0.6 is 0 Å². The summed E-state index contributed by atoms with van der Waals surface area (Å²) in [6.45, 7) is 10.4. The van der Waals surface area contributed by atoms with Gasteiger partial charge in [0.05, 0.1) is 31.1 Å². The summed E-state index contributed by atoms with van der Waals surface area (Å²) in [5.74, 6) is -4.84. The second kappa shape index (κ2) is 15.6. The first-order chi connectivity index (χ1) is 20.0. The molecule has 46 heavy (non-hydrogen) atoms. The number of hydrogen-bond donors (Lipinski definition) is 2. The molecule has 1 aromatic carbocycles. The molecule has 2 heterocycles. The first kappa shape index (κ1) is 41.5. The molecule has 2 aromatic rings. The van der Waals surface area contributed by atoms with Crippen molar-refractivity contribution < 1.29 is 74.9 Å². The molecule has 0 aliphatic carbocycles. The number of alkyl carbamates (subject to hydrolysis) is 1. The van der Waals surface area contributed by atoms with Gasteiger partial charge >= 0.3 is 41.7 Å². The van der Waals surface area contributed by atoms with Crippen LogP contribution in [0.3, 0.4) is 0 Å². The molecule has 17 heteroatoms. The zero-order valence-electron chi connectivity index (χ0n) is 27.5. The van der Waals surface area contributed by atoms with Crippen LogP contribution in [-0.4, -0.2) is 80.9 Å². The van der Waals surface area contributed by atoms with Crippen LogP contribution < -0.4 is 44.3 Å². The minimum absolute atomic E-state index is 0. The molecule has 11 nitrogen and oxygen atoms in total. The second-order valence-electron chi connectivity index (χ2n) is 12.6. The molecule has 248 valence electrons. The van der Waals surface area contributed by atoms with E-state index in [4.69, 9.17) is 14.2 Å². The van der Waals surface area contributed by atoms with E-state index in [-0.39, 0.29) is 61.7 Å². The fraction of sp³-hybridized carbons (Fsp3) is 0.552. The molecule has 1 aliphatic heterocycles. The maximum atomic E-state index is 15.8. The fourth-order valence-corrected chi connectivity index (χ4v) is 5.19. The Morgan fingerprint density at radius 2 is 1.67 bits per heavy atom. The number of likely N-dealkylation sites (tertiary alicyclic amines) is 1. The number of aromatic nitrogens is 1. The molecule has 1 aliphatic rings. The number of nitrogens with one attached hydrogen (secondary N) is 2. The Balaban J connectivity index is 0.00000529. The molecule has 2 N–H and O–H groups in total. The largest absolute Gasteiger partial charge is 1.00 e. The molecule has 2 amide bonds. The van der Waals surface area contributed by atoms with Gasteiger partial charge in [-0.3, -0.25) is 4.90 Å². The van der Waals surface area contributed by atoms with E-state index in [1.807, 2.05) is 4.72 Å². The van der Waals surface area contributed by atoms with E-state index in [9.17, 15) is 18.0 Å². The van der Waals surface area contributed by atoms with E-state index in [0.29, 0.717) is 16.2 Å². The third-order valence-corrected chi connectivity index (χ3v) is 6.87. The molecule has 0 saturated carbocycles. The van der Waals surface area contributed by atoms with Gasteiger partial charge in [0, 0.05) is 5.56 Å². The number of carbonyl (C=O) groups is 2. The average molecular weight is 679 g/mol. The quantitative estimate of drug-likeness (QED) is 0.403. The number of nitrogens with zero attached hydrogens (tertiary/aromatic N) is 2. The van der Waals surface area contributed by atoms with Crippen LogP contribution in [0.2, 0.25) is 0 Å². The Bertz CT molecular complexity index is 1500. The molecule has 3 rings (SSSR count). The third kappa shape index (κ3) is 11.9. The van der Waals surface area contributed by atoms with Crippen molar-refractivity contribution in [2.45, 2.75) is 90.6 Å². The van der Waals surface area contributed by atoms with E-state index in [0.717, 1.165) is 6.26 Å². The minimum atomic E-state index is -4.14. The molecule has 4 radical (unpaired) electrons. The summed E-state index contributed by atoms with van der Waals surface area (Å²) >= 11 is 0. The van der Waals surface area contributed by atoms with Gasteiger partial charge in [-0.25, -0.2) is 40.9 Å². The van der Waals surface area contributed by atoms with Gasteiger partial charge in [0.25, 0.3) is 5.92 Å². The predicted molar refractivity (Wildman–Crippen MR) is 161 cm³/mol. The summed E-state index contributed by atoms with van der Waals surface area (Å²) in [5, 5.41) is 2.58. The maximum absolute atomic E-state index is 15.8. The number of pyridine rings is 1. The average Bonchev–Trinajstić information content (AvgIpc) is 3.08. The number of alkyl halides is 2. The maximum Gasteiger partial charge on any atom is 1.00 e. The number of aryl methyl sites for hydroxylation is 1. The number of hydrogen-bond acceptors (Lipinski definition) is 8. The van der Waals surface area contributed by atoms with E-state index in [1.165, 1.54) is 18.2 Å². The van der Waals surface area contributed by atoms with Crippen LogP contribution in [0.25, 0.3) is 0 Å². The van der Waals surface area contributed by atoms with Crippen LogP contribution in [0.5, 0.6) is 11.6 Å². The van der Waals surface area contributed by atoms with Crippen molar-refractivity contribution in [2.75, 3.05) is 12.8 Å². The van der Waals surface area contributed by atoms with E-state index in [2.05, 4.69) is 10.3 Å². The first-order valence-electron chi connectivity index (χ1n) is 13.8. The minimum Gasteiger partial charge on any atom is -1.00 e. The second-order valence-corrected chi connectivity index (χ2v) is 14.4. The Morgan fingerprint density at radius 1 is 1.07 bits per heavy atom. The zero-order valence-corrected chi connectivity index (χ0v) is 30.4. The summed E-state index contributed by atoms with van der Waals surface area (Å²) in [6.07, 6.45) is -1.51. The SMILES string of the molecule is Cc1ccc(CNC(=O)OC(C)(C)C)nc1Oc1cccc(C[C@H]2[C@@H](NS(C)(=O)=O)C(F)(F)CN2C(=O)OC(C)(C)C)c1F.[B-].[Na+]. The molecule has 1 saturated heterocycles. The van der Waals surface area contributed by atoms with Crippen molar-refractivity contribution >= 4 is 30.6 Å². The topological polar surface area (TPSA) is 136 Å². The zero-order chi connectivity index (χ0) is 33.3. The van der Waals surface area contributed by atoms with Gasteiger partial charge in [0.2, 0.25) is 15.9 Å². The van der Waals surface area contributed by atoms with Crippen molar-refractivity contribution in [3.8, 4) is 11.6 Å². The molecule has 1 fully saturated rings. The summed E-state index contributed by atoms with van der Waals surface area (Å²) in [5.41, 5.74) is -0.899. The van der Waals surface area contributed by atoms with E-state index < -0.39 is 70.2 Å². The van der Waals surface area contributed by atoms with E-state index >= 15 is 13.2 Å². The molecule has 0 bridgehead atoms. The number of ether oxygens (including phenoxy) is 3. The smallest absolute Gasteiger partial charge is 1.00 e. The molecular formula is C29H39BF3N4NaO7S. The number of rotatable bonds is 8. The van der Waals surface area contributed by atoms with Gasteiger partial charge in [-0.05, 0) is 72.6 Å². The van der Waals surface area contributed by atoms with Crippen molar-refractivity contribution in [2.24, 2.45) is 0 Å². The van der Waals surface area contributed by atoms with Gasteiger partial charge in [-0.15, -0.1) is 0 Å². The van der Waals surface area contributed by atoms with Gasteiger partial charge in [0.1, 0.15) is 17.2 Å². The molecule has 2 atom stereocenters. The van der Waals surface area contributed by atoms with Gasteiger partial charge in [-0.1, -0.05) is 18.2 Å². The molecule has 0 spiro atoms. The summed E-state index contributed by atoms with van der Waals surface area (Å²) < 4.78 is 88.3. The van der Waals surface area contributed by atoms with Crippen molar-refractivity contribution in [1.29, 1.82) is 0 Å². The Morgan fingerprint density at radius 3 is 2.24 bits per heavy atom. The molecule has 1 aromatic heterocycles. The van der Waals surface area contributed by atoms with Crippen molar-refractivity contribution in [3.05, 3.63) is 53.0 Å². The normalized spacial score (nSPS) is 17.8. The molecular weight excluding hydrogens is 639 g/mol. The van der Waals surface area contributed by atoms with Crippen LogP contribution in [-0.2, 0) is 32.5 Å². The number of sulfonamides is 1. The van der Waals surface area contributed by atoms with Gasteiger partial charge < -0.3 is 27.9 Å². The monoisotopic (exact) mass is 678 g/mol. The van der Waals surface area contributed by atoms with Crippen LogP contribution in [0.1, 0.15) is 58.4 Å². The summed E-state index contributed by atoms with van der Waals surface area (Å²) in [7, 11) is -4.14. The van der Waals surface area contributed by atoms with Gasteiger partial charge in [-0.2, -0.15) is 0 Å². The summed E-state index contributed by atoms with van der Waals surface area (Å²) in [4.78, 5) is 30.0. The fourth-order valence-electron chi connectivity index (χ4n) is 4.40. The third-order valence-electron chi connectivity index (χ3n) is 6.19. The number of amides is 2. The first-order valence-corrected chi connectivity index (χ1v) is 15.7. The Labute approximate surface area is 292 Å². The predicted octanol–water partition coefficient (Wildman–Crippen LogP) is 1.68.